The molecule has 2 aromatic carbocycles. The highest BCUT2D eigenvalue weighted by Gasteiger charge is 2.36. The summed E-state index contributed by atoms with van der Waals surface area (Å²) in [5, 5.41) is 8.66. The van der Waals surface area contributed by atoms with E-state index in [1.54, 1.807) is 48.5 Å². The first-order valence-corrected chi connectivity index (χ1v) is 10.4. The van der Waals surface area contributed by atoms with Gasteiger partial charge in [-0.3, -0.25) is 19.3 Å². The van der Waals surface area contributed by atoms with E-state index in [2.05, 4.69) is 0 Å². The predicted molar refractivity (Wildman–Crippen MR) is 117 cm³/mol. The van der Waals surface area contributed by atoms with Crippen molar-refractivity contribution in [3.8, 4) is 17.6 Å². The smallest absolute Gasteiger partial charge is 0.293 e. The molecule has 0 aromatic heterocycles. The zero-order chi connectivity index (χ0) is 22.4. The number of carbonyl (C=O) groups is 3. The molecule has 0 atom stereocenters. The first-order chi connectivity index (χ1) is 14.9. The van der Waals surface area contributed by atoms with Crippen LogP contribution in [0.25, 0.3) is 6.08 Å². The van der Waals surface area contributed by atoms with Crippen molar-refractivity contribution in [2.75, 3.05) is 19.8 Å². The van der Waals surface area contributed by atoms with E-state index in [9.17, 15) is 14.4 Å². The molecule has 0 N–H and O–H groups in total. The molecule has 0 bridgehead atoms. The summed E-state index contributed by atoms with van der Waals surface area (Å²) in [5.74, 6) is -0.0798. The van der Waals surface area contributed by atoms with E-state index in [1.807, 2.05) is 13.0 Å². The second kappa shape index (κ2) is 10.2. The minimum atomic E-state index is -0.542. The molecule has 9 heteroatoms. The van der Waals surface area contributed by atoms with Gasteiger partial charge in [-0.15, -0.1) is 0 Å². The van der Waals surface area contributed by atoms with Crippen molar-refractivity contribution in [3.05, 3.63) is 63.5 Å². The molecule has 2 aromatic rings. The Balaban J connectivity index is 1.78. The van der Waals surface area contributed by atoms with Crippen LogP contribution < -0.4 is 9.47 Å². The molecule has 0 saturated carbocycles. The number of rotatable bonds is 8. The van der Waals surface area contributed by atoms with E-state index in [0.29, 0.717) is 34.3 Å². The Morgan fingerprint density at radius 3 is 2.58 bits per heavy atom. The highest BCUT2D eigenvalue weighted by atomic mass is 35.5. The molecule has 0 aliphatic carbocycles. The number of thioether (sulfide) groups is 1. The zero-order valence-electron chi connectivity index (χ0n) is 16.5. The third-order valence-electron chi connectivity index (χ3n) is 4.20. The Hall–Kier alpha value is -3.28. The lowest BCUT2D eigenvalue weighted by molar-refractivity contribution is -0.122. The summed E-state index contributed by atoms with van der Waals surface area (Å²) in [6.45, 7) is 1.72. The number of nitriles is 1. The highest BCUT2D eigenvalue weighted by Crippen LogP contribution is 2.34. The van der Waals surface area contributed by atoms with Gasteiger partial charge in [0.25, 0.3) is 11.1 Å². The van der Waals surface area contributed by atoms with E-state index < -0.39 is 11.1 Å². The lowest BCUT2D eigenvalue weighted by Gasteiger charge is -2.12. The average molecular weight is 457 g/mol. The summed E-state index contributed by atoms with van der Waals surface area (Å²) in [6, 6.07) is 13.1. The van der Waals surface area contributed by atoms with Crippen LogP contribution in [-0.2, 0) is 4.79 Å². The van der Waals surface area contributed by atoms with Crippen LogP contribution in [0.5, 0.6) is 11.5 Å². The van der Waals surface area contributed by atoms with Gasteiger partial charge in [0.15, 0.2) is 23.9 Å². The summed E-state index contributed by atoms with van der Waals surface area (Å²) in [7, 11) is 0. The summed E-state index contributed by atoms with van der Waals surface area (Å²) in [5.41, 5.74) is 0.976. The number of Topliss-reactive ketones (excluding diaryl/α,β-unsaturated/α-hetero) is 1. The van der Waals surface area contributed by atoms with E-state index in [0.717, 1.165) is 16.7 Å². The number of carbonyl (C=O) groups excluding carboxylic acids is 3. The Bertz CT molecular complexity index is 1090. The summed E-state index contributed by atoms with van der Waals surface area (Å²) in [6.07, 6.45) is 1.55. The molecule has 158 valence electrons. The standard InChI is InChI=1S/C22H17ClN2O5S/c1-2-29-19-11-14(3-8-18(19)30-10-9-24)12-20-21(27)25(22(28)31-20)13-17(26)15-4-6-16(23)7-5-15/h3-8,11-12H,2,10,13H2,1H3/b20-12-. The summed E-state index contributed by atoms with van der Waals surface area (Å²) in [4.78, 5) is 38.6. The van der Waals surface area contributed by atoms with Crippen molar-refractivity contribution >= 4 is 46.4 Å². The third kappa shape index (κ3) is 5.45. The maximum atomic E-state index is 12.7. The van der Waals surface area contributed by atoms with E-state index >= 15 is 0 Å². The van der Waals surface area contributed by atoms with Gasteiger partial charge in [0.1, 0.15) is 6.07 Å². The first kappa shape index (κ1) is 22.4. The summed E-state index contributed by atoms with van der Waals surface area (Å²) >= 11 is 6.59. The molecule has 1 aliphatic heterocycles. The van der Waals surface area contributed by atoms with E-state index in [-0.39, 0.29) is 23.8 Å². The maximum Gasteiger partial charge on any atom is 0.293 e. The van der Waals surface area contributed by atoms with Crippen LogP contribution in [-0.4, -0.2) is 41.6 Å². The lowest BCUT2D eigenvalue weighted by atomic mass is 10.1. The van der Waals surface area contributed by atoms with Crippen LogP contribution in [0, 0.1) is 11.3 Å². The lowest BCUT2D eigenvalue weighted by Crippen LogP contribution is -2.33. The minimum absolute atomic E-state index is 0.125. The van der Waals surface area contributed by atoms with Crippen molar-refractivity contribution < 1.29 is 23.9 Å². The second-order valence-electron chi connectivity index (χ2n) is 6.28. The van der Waals surface area contributed by atoms with Crippen LogP contribution in [0.3, 0.4) is 0 Å². The minimum Gasteiger partial charge on any atom is -0.490 e. The Morgan fingerprint density at radius 2 is 1.90 bits per heavy atom. The average Bonchev–Trinajstić information content (AvgIpc) is 3.01. The highest BCUT2D eigenvalue weighted by molar-refractivity contribution is 8.18. The van der Waals surface area contributed by atoms with Gasteiger partial charge >= 0.3 is 0 Å². The van der Waals surface area contributed by atoms with Gasteiger partial charge in [0.05, 0.1) is 18.1 Å². The molecular weight excluding hydrogens is 440 g/mol. The largest absolute Gasteiger partial charge is 0.490 e. The van der Waals surface area contributed by atoms with Gasteiger partial charge in [-0.05, 0) is 66.7 Å². The van der Waals surface area contributed by atoms with Crippen LogP contribution in [0.1, 0.15) is 22.8 Å². The Kier molecular flexibility index (Phi) is 7.34. The number of halogens is 1. The second-order valence-corrected chi connectivity index (χ2v) is 7.71. The third-order valence-corrected chi connectivity index (χ3v) is 5.36. The van der Waals surface area contributed by atoms with Crippen LogP contribution in [0.2, 0.25) is 5.02 Å². The van der Waals surface area contributed by atoms with Gasteiger partial charge in [-0.1, -0.05) is 17.7 Å². The van der Waals surface area contributed by atoms with Crippen molar-refractivity contribution in [2.24, 2.45) is 0 Å². The molecule has 1 aliphatic rings. The van der Waals surface area contributed by atoms with Crippen molar-refractivity contribution in [3.63, 3.8) is 0 Å². The van der Waals surface area contributed by atoms with Gasteiger partial charge < -0.3 is 9.47 Å². The maximum absolute atomic E-state index is 12.7. The fraction of sp³-hybridized carbons (Fsp3) is 0.182. The Morgan fingerprint density at radius 1 is 1.16 bits per heavy atom. The molecule has 0 unspecified atom stereocenters. The van der Waals surface area contributed by atoms with E-state index in [1.165, 1.54) is 0 Å². The number of amides is 2. The predicted octanol–water partition coefficient (Wildman–Crippen LogP) is 4.56. The fourth-order valence-electron chi connectivity index (χ4n) is 2.77. The number of nitrogens with zero attached hydrogens (tertiary/aromatic N) is 2. The van der Waals surface area contributed by atoms with Crippen molar-refractivity contribution in [2.45, 2.75) is 6.92 Å². The van der Waals surface area contributed by atoms with Crippen molar-refractivity contribution in [1.82, 2.24) is 4.90 Å². The van der Waals surface area contributed by atoms with Crippen LogP contribution >= 0.6 is 23.4 Å². The molecule has 31 heavy (non-hydrogen) atoms. The SMILES string of the molecule is CCOc1cc(/C=C2\SC(=O)N(CC(=O)c3ccc(Cl)cc3)C2=O)ccc1OCC#N. The number of hydrogen-bond acceptors (Lipinski definition) is 7. The molecule has 1 fully saturated rings. The molecule has 2 amide bonds. The normalized spacial score (nSPS) is 14.6. The molecule has 3 rings (SSSR count). The molecule has 0 spiro atoms. The van der Waals surface area contributed by atoms with Gasteiger partial charge in [-0.25, -0.2) is 0 Å². The molecule has 7 nitrogen and oxygen atoms in total. The first-order valence-electron chi connectivity index (χ1n) is 9.23. The molecule has 0 radical (unpaired) electrons. The monoisotopic (exact) mass is 456 g/mol. The fourth-order valence-corrected chi connectivity index (χ4v) is 3.73. The number of ketones is 1. The number of imide groups is 1. The van der Waals surface area contributed by atoms with Crippen LogP contribution in [0.4, 0.5) is 4.79 Å². The van der Waals surface area contributed by atoms with Crippen LogP contribution in [0.15, 0.2) is 47.4 Å². The van der Waals surface area contributed by atoms with Gasteiger partial charge in [-0.2, -0.15) is 5.26 Å². The Labute approximate surface area is 188 Å². The van der Waals surface area contributed by atoms with Crippen molar-refractivity contribution in [1.29, 1.82) is 5.26 Å². The zero-order valence-corrected chi connectivity index (χ0v) is 18.0. The van der Waals surface area contributed by atoms with Gasteiger partial charge in [0.2, 0.25) is 0 Å². The summed E-state index contributed by atoms with van der Waals surface area (Å²) < 4.78 is 10.9. The van der Waals surface area contributed by atoms with Gasteiger partial charge in [0, 0.05) is 10.6 Å². The number of hydrogen-bond donors (Lipinski definition) is 0. The number of benzene rings is 2. The van der Waals surface area contributed by atoms with E-state index in [4.69, 9.17) is 26.3 Å². The molecule has 1 saturated heterocycles. The number of ether oxygens (including phenoxy) is 2. The molecular formula is C22H17ClN2O5S. The topological polar surface area (TPSA) is 96.7 Å². The molecule has 1 heterocycles. The quantitative estimate of drug-likeness (QED) is 0.424.